The van der Waals surface area contributed by atoms with Gasteiger partial charge < -0.3 is 4.42 Å². The average Bonchev–Trinajstić information content (AvgIpc) is 3.66. The van der Waals surface area contributed by atoms with Gasteiger partial charge in [-0.2, -0.15) is 0 Å². The molecule has 0 amide bonds. The number of pyridine rings is 1. The Morgan fingerprint density at radius 3 is 1.75 bits per heavy atom. The molecule has 0 aliphatic carbocycles. The summed E-state index contributed by atoms with van der Waals surface area (Å²) in [5.41, 5.74) is 9.36. The molecular formula is C50H30N4O. The molecule has 0 fully saturated rings. The van der Waals surface area contributed by atoms with Crippen molar-refractivity contribution in [3.8, 4) is 56.5 Å². The second kappa shape index (κ2) is 12.6. The van der Waals surface area contributed by atoms with Crippen LogP contribution in [0.1, 0.15) is 0 Å². The number of fused-ring (bicyclic) bond motifs is 8. The predicted molar refractivity (Wildman–Crippen MR) is 225 cm³/mol. The van der Waals surface area contributed by atoms with Crippen molar-refractivity contribution in [1.82, 2.24) is 19.9 Å². The van der Waals surface area contributed by atoms with Crippen LogP contribution >= 0.6 is 0 Å². The molecule has 0 N–H and O–H groups in total. The van der Waals surface area contributed by atoms with Crippen molar-refractivity contribution >= 4 is 54.4 Å². The zero-order valence-electron chi connectivity index (χ0n) is 29.5. The van der Waals surface area contributed by atoms with E-state index in [2.05, 4.69) is 109 Å². The molecule has 8 aromatic carbocycles. The Morgan fingerprint density at radius 1 is 0.327 bits per heavy atom. The minimum Gasteiger partial charge on any atom is -0.455 e. The van der Waals surface area contributed by atoms with E-state index in [-0.39, 0.29) is 0 Å². The van der Waals surface area contributed by atoms with Crippen molar-refractivity contribution in [3.05, 3.63) is 182 Å². The summed E-state index contributed by atoms with van der Waals surface area (Å²) in [6.45, 7) is 0. The van der Waals surface area contributed by atoms with Crippen molar-refractivity contribution in [2.24, 2.45) is 0 Å². The summed E-state index contributed by atoms with van der Waals surface area (Å²) in [4.78, 5) is 20.4. The monoisotopic (exact) mass is 702 g/mol. The zero-order chi connectivity index (χ0) is 36.3. The van der Waals surface area contributed by atoms with Gasteiger partial charge in [-0.1, -0.05) is 152 Å². The number of para-hydroxylation sites is 2. The highest BCUT2D eigenvalue weighted by Crippen LogP contribution is 2.40. The van der Waals surface area contributed by atoms with Gasteiger partial charge in [0.25, 0.3) is 0 Å². The van der Waals surface area contributed by atoms with Gasteiger partial charge in [0, 0.05) is 33.0 Å². The highest BCUT2D eigenvalue weighted by atomic mass is 16.3. The van der Waals surface area contributed by atoms with Gasteiger partial charge in [-0.15, -0.1) is 0 Å². The highest BCUT2D eigenvalue weighted by molar-refractivity contribution is 6.19. The molecule has 3 aromatic heterocycles. The van der Waals surface area contributed by atoms with Crippen LogP contribution in [-0.4, -0.2) is 19.9 Å². The Morgan fingerprint density at radius 2 is 0.909 bits per heavy atom. The summed E-state index contributed by atoms with van der Waals surface area (Å²) in [5, 5.41) is 8.01. The number of hydrogen-bond acceptors (Lipinski definition) is 5. The van der Waals surface area contributed by atoms with E-state index >= 15 is 0 Å². The third kappa shape index (κ3) is 5.33. The Bertz CT molecular complexity index is 3260. The Kier molecular flexibility index (Phi) is 7.10. The van der Waals surface area contributed by atoms with E-state index in [1.165, 1.54) is 21.5 Å². The van der Waals surface area contributed by atoms with E-state index in [0.29, 0.717) is 17.5 Å². The predicted octanol–water partition coefficient (Wildman–Crippen LogP) is 13.0. The van der Waals surface area contributed by atoms with Crippen LogP contribution in [0.4, 0.5) is 0 Å². The van der Waals surface area contributed by atoms with Gasteiger partial charge in [0.1, 0.15) is 11.2 Å². The lowest BCUT2D eigenvalue weighted by Crippen LogP contribution is -2.00. The molecule has 0 bridgehead atoms. The van der Waals surface area contributed by atoms with Crippen LogP contribution in [-0.2, 0) is 0 Å². The fourth-order valence-corrected chi connectivity index (χ4v) is 7.78. The van der Waals surface area contributed by atoms with E-state index < -0.39 is 0 Å². The molecule has 0 aliphatic heterocycles. The van der Waals surface area contributed by atoms with Gasteiger partial charge in [-0.05, 0) is 63.0 Å². The molecule has 0 aliphatic rings. The number of rotatable bonds is 5. The van der Waals surface area contributed by atoms with Gasteiger partial charge in [0.15, 0.2) is 17.5 Å². The number of aromatic nitrogens is 4. The van der Waals surface area contributed by atoms with Crippen LogP contribution in [0.15, 0.2) is 186 Å². The summed E-state index contributed by atoms with van der Waals surface area (Å²) >= 11 is 0. The first kappa shape index (κ1) is 31.1. The smallest absolute Gasteiger partial charge is 0.164 e. The molecule has 0 saturated carbocycles. The quantitative estimate of drug-likeness (QED) is 0.167. The van der Waals surface area contributed by atoms with Gasteiger partial charge in [0.05, 0.1) is 16.6 Å². The third-order valence-electron chi connectivity index (χ3n) is 10.5. The molecule has 0 saturated heterocycles. The van der Waals surface area contributed by atoms with Gasteiger partial charge in [-0.3, -0.25) is 0 Å². The maximum absolute atomic E-state index is 6.47. The Balaban J connectivity index is 1.02. The van der Waals surface area contributed by atoms with Crippen molar-refractivity contribution < 1.29 is 4.42 Å². The second-order valence-electron chi connectivity index (χ2n) is 13.8. The van der Waals surface area contributed by atoms with Crippen LogP contribution in [0.25, 0.3) is 111 Å². The fourth-order valence-electron chi connectivity index (χ4n) is 7.78. The number of benzene rings is 8. The third-order valence-corrected chi connectivity index (χ3v) is 10.5. The number of furan rings is 1. The molecule has 11 aromatic rings. The lowest BCUT2D eigenvalue weighted by molar-refractivity contribution is 0.672. The first-order chi connectivity index (χ1) is 27.2. The van der Waals surface area contributed by atoms with Gasteiger partial charge in [-0.25, -0.2) is 19.9 Å². The van der Waals surface area contributed by atoms with E-state index in [9.17, 15) is 0 Å². The molecule has 256 valence electrons. The maximum atomic E-state index is 6.47. The molecule has 3 heterocycles. The summed E-state index contributed by atoms with van der Waals surface area (Å²) in [6.07, 6.45) is 0. The molecule has 5 nitrogen and oxygen atoms in total. The van der Waals surface area contributed by atoms with E-state index in [0.717, 1.165) is 71.9 Å². The maximum Gasteiger partial charge on any atom is 0.164 e. The molecule has 0 unspecified atom stereocenters. The van der Waals surface area contributed by atoms with Crippen LogP contribution < -0.4 is 0 Å². The lowest BCUT2D eigenvalue weighted by Gasteiger charge is -2.11. The molecule has 11 rings (SSSR count). The summed E-state index contributed by atoms with van der Waals surface area (Å²) in [7, 11) is 0. The second-order valence-corrected chi connectivity index (χ2v) is 13.8. The summed E-state index contributed by atoms with van der Waals surface area (Å²) in [5.74, 6) is 1.81. The average molecular weight is 703 g/mol. The lowest BCUT2D eigenvalue weighted by atomic mass is 9.97. The first-order valence-electron chi connectivity index (χ1n) is 18.4. The van der Waals surface area contributed by atoms with E-state index in [1.54, 1.807) is 0 Å². The SMILES string of the molecule is c1ccc(-c2nc(-c3ccc(-c4ccc5c(ccc6ccccc65)c4)cc3)nc(-c3cccc(-c4nc5ccccc5c5oc6ccccc6c45)c3)n2)cc1. The van der Waals surface area contributed by atoms with Crippen LogP contribution in [0.3, 0.4) is 0 Å². The summed E-state index contributed by atoms with van der Waals surface area (Å²) in [6, 6.07) is 62.8. The molecule has 0 radical (unpaired) electrons. The molecular weight excluding hydrogens is 673 g/mol. The van der Waals surface area contributed by atoms with Crippen molar-refractivity contribution in [2.45, 2.75) is 0 Å². The Hall–Kier alpha value is -7.50. The van der Waals surface area contributed by atoms with Gasteiger partial charge in [0.2, 0.25) is 0 Å². The minimum atomic E-state index is 0.589. The topological polar surface area (TPSA) is 64.7 Å². The fraction of sp³-hybridized carbons (Fsp3) is 0. The zero-order valence-corrected chi connectivity index (χ0v) is 29.5. The van der Waals surface area contributed by atoms with Crippen LogP contribution in [0, 0.1) is 0 Å². The van der Waals surface area contributed by atoms with Crippen LogP contribution in [0.5, 0.6) is 0 Å². The molecule has 0 spiro atoms. The normalized spacial score (nSPS) is 11.6. The Labute approximate surface area is 316 Å². The molecule has 55 heavy (non-hydrogen) atoms. The molecule has 5 heteroatoms. The summed E-state index contributed by atoms with van der Waals surface area (Å²) < 4.78 is 6.47. The number of nitrogens with zero attached hydrogens (tertiary/aromatic N) is 4. The highest BCUT2D eigenvalue weighted by Gasteiger charge is 2.19. The first-order valence-corrected chi connectivity index (χ1v) is 18.4. The standard InChI is InChI=1S/C50H30N4O/c1-2-12-33(13-3-1)48-52-49(34-24-21-31(22-25-34)35-27-28-40-36(29-35)26-23-32-11-4-5-16-39(32)40)54-50(53-48)38-15-10-14-37(30-38)46-45-42-18-7-9-20-44(42)55-47(45)41-17-6-8-19-43(41)51-46/h1-30H. The number of hydrogen-bond donors (Lipinski definition) is 0. The van der Waals surface area contributed by atoms with Crippen LogP contribution in [0.2, 0.25) is 0 Å². The van der Waals surface area contributed by atoms with E-state index in [1.807, 2.05) is 72.8 Å². The van der Waals surface area contributed by atoms with Crippen molar-refractivity contribution in [1.29, 1.82) is 0 Å². The van der Waals surface area contributed by atoms with Crippen molar-refractivity contribution in [3.63, 3.8) is 0 Å². The van der Waals surface area contributed by atoms with Crippen molar-refractivity contribution in [2.75, 3.05) is 0 Å². The molecule has 0 atom stereocenters. The van der Waals surface area contributed by atoms with E-state index in [4.69, 9.17) is 24.4 Å². The van der Waals surface area contributed by atoms with Gasteiger partial charge >= 0.3 is 0 Å². The minimum absolute atomic E-state index is 0.589. The largest absolute Gasteiger partial charge is 0.455 e.